The Morgan fingerprint density at radius 2 is 1.86 bits per heavy atom. The second-order valence-corrected chi connectivity index (χ2v) is 6.30. The van der Waals surface area contributed by atoms with Crippen molar-refractivity contribution < 1.29 is 4.74 Å². The molecule has 0 aromatic carbocycles. The summed E-state index contributed by atoms with van der Waals surface area (Å²) in [5.74, 6) is 1.62. The highest BCUT2D eigenvalue weighted by molar-refractivity contribution is 5.79. The second kappa shape index (κ2) is 13.8. The third kappa shape index (κ3) is 11.8. The van der Waals surface area contributed by atoms with Crippen molar-refractivity contribution in [3.8, 4) is 0 Å². The molecule has 0 spiro atoms. The van der Waals surface area contributed by atoms with Gasteiger partial charge in [0, 0.05) is 32.3 Å². The highest BCUT2D eigenvalue weighted by Crippen LogP contribution is 2.09. The molecule has 132 valence electrons. The van der Waals surface area contributed by atoms with Gasteiger partial charge in [-0.1, -0.05) is 13.8 Å². The molecule has 0 aromatic rings. The van der Waals surface area contributed by atoms with Gasteiger partial charge in [-0.15, -0.1) is 0 Å². The molecule has 1 atom stereocenters. The van der Waals surface area contributed by atoms with E-state index in [0.29, 0.717) is 12.0 Å². The zero-order chi connectivity index (χ0) is 16.8. The van der Waals surface area contributed by atoms with Crippen LogP contribution in [0.4, 0.5) is 0 Å². The second-order valence-electron chi connectivity index (χ2n) is 6.30. The first kappa shape index (κ1) is 21.2. The fourth-order valence-electron chi connectivity index (χ4n) is 2.21. The van der Waals surface area contributed by atoms with Gasteiger partial charge < -0.3 is 20.3 Å². The summed E-state index contributed by atoms with van der Waals surface area (Å²) < 4.78 is 5.35. The first-order valence-corrected chi connectivity index (χ1v) is 8.77. The van der Waals surface area contributed by atoms with E-state index in [0.717, 1.165) is 51.6 Å². The normalized spacial score (nSPS) is 13.7. The van der Waals surface area contributed by atoms with Gasteiger partial charge in [0.15, 0.2) is 5.96 Å². The Balaban J connectivity index is 4.21. The van der Waals surface area contributed by atoms with Gasteiger partial charge in [0.25, 0.3) is 0 Å². The average Bonchev–Trinajstić information content (AvgIpc) is 2.46. The molecule has 0 amide bonds. The molecule has 0 saturated heterocycles. The SMILES string of the molecule is CCNC(=NCC(CC(C)C)N(C)C)NCCCCOCC. The third-order valence-electron chi connectivity index (χ3n) is 3.49. The van der Waals surface area contributed by atoms with Gasteiger partial charge in [0.2, 0.25) is 0 Å². The van der Waals surface area contributed by atoms with Crippen LogP contribution >= 0.6 is 0 Å². The number of unbranched alkanes of at least 4 members (excludes halogenated alkanes) is 1. The molecule has 22 heavy (non-hydrogen) atoms. The van der Waals surface area contributed by atoms with Crippen LogP contribution in [0.5, 0.6) is 0 Å². The van der Waals surface area contributed by atoms with E-state index in [-0.39, 0.29) is 0 Å². The van der Waals surface area contributed by atoms with E-state index in [1.807, 2.05) is 6.92 Å². The zero-order valence-corrected chi connectivity index (χ0v) is 15.6. The summed E-state index contributed by atoms with van der Waals surface area (Å²) in [6.45, 7) is 13.0. The van der Waals surface area contributed by atoms with Crippen molar-refractivity contribution in [2.24, 2.45) is 10.9 Å². The van der Waals surface area contributed by atoms with E-state index < -0.39 is 0 Å². The van der Waals surface area contributed by atoms with Crippen LogP contribution in [0.25, 0.3) is 0 Å². The van der Waals surface area contributed by atoms with Crippen molar-refractivity contribution in [3.05, 3.63) is 0 Å². The monoisotopic (exact) mass is 314 g/mol. The molecular weight excluding hydrogens is 276 g/mol. The Bertz CT molecular complexity index is 280. The van der Waals surface area contributed by atoms with E-state index in [9.17, 15) is 0 Å². The Labute approximate surface area is 137 Å². The van der Waals surface area contributed by atoms with E-state index in [2.05, 4.69) is 50.4 Å². The summed E-state index contributed by atoms with van der Waals surface area (Å²) in [5, 5.41) is 6.73. The Morgan fingerprint density at radius 1 is 1.14 bits per heavy atom. The minimum Gasteiger partial charge on any atom is -0.382 e. The number of aliphatic imine (C=N–C) groups is 1. The maximum Gasteiger partial charge on any atom is 0.191 e. The van der Waals surface area contributed by atoms with Gasteiger partial charge in [-0.3, -0.25) is 4.99 Å². The van der Waals surface area contributed by atoms with E-state index in [1.54, 1.807) is 0 Å². The van der Waals surface area contributed by atoms with Gasteiger partial charge in [-0.25, -0.2) is 0 Å². The molecule has 1 unspecified atom stereocenters. The molecule has 0 aliphatic rings. The highest BCUT2D eigenvalue weighted by Gasteiger charge is 2.13. The summed E-state index contributed by atoms with van der Waals surface area (Å²) >= 11 is 0. The lowest BCUT2D eigenvalue weighted by molar-refractivity contribution is 0.143. The molecule has 0 radical (unpaired) electrons. The Morgan fingerprint density at radius 3 is 2.41 bits per heavy atom. The number of hydrogen-bond donors (Lipinski definition) is 2. The predicted molar refractivity (Wildman–Crippen MR) is 96.6 cm³/mol. The minimum atomic E-state index is 0.494. The van der Waals surface area contributed by atoms with Crippen molar-refractivity contribution in [2.45, 2.75) is 53.0 Å². The van der Waals surface area contributed by atoms with Crippen molar-refractivity contribution in [3.63, 3.8) is 0 Å². The number of rotatable bonds is 12. The third-order valence-corrected chi connectivity index (χ3v) is 3.49. The van der Waals surface area contributed by atoms with Gasteiger partial charge in [0.05, 0.1) is 6.54 Å². The molecule has 0 aliphatic heterocycles. The van der Waals surface area contributed by atoms with Crippen LogP contribution in [0.2, 0.25) is 0 Å². The maximum atomic E-state index is 5.35. The lowest BCUT2D eigenvalue weighted by atomic mass is 10.0. The number of ether oxygens (including phenoxy) is 1. The number of guanidine groups is 1. The highest BCUT2D eigenvalue weighted by atomic mass is 16.5. The first-order valence-electron chi connectivity index (χ1n) is 8.77. The van der Waals surface area contributed by atoms with Crippen molar-refractivity contribution >= 4 is 5.96 Å². The molecule has 0 aromatic heterocycles. The number of nitrogens with zero attached hydrogens (tertiary/aromatic N) is 2. The molecular formula is C17H38N4O. The van der Waals surface area contributed by atoms with E-state index >= 15 is 0 Å². The van der Waals surface area contributed by atoms with E-state index in [4.69, 9.17) is 9.73 Å². The van der Waals surface area contributed by atoms with Crippen LogP contribution in [-0.2, 0) is 4.74 Å². The largest absolute Gasteiger partial charge is 0.382 e. The smallest absolute Gasteiger partial charge is 0.191 e. The zero-order valence-electron chi connectivity index (χ0n) is 15.6. The first-order chi connectivity index (χ1) is 10.5. The molecule has 5 heteroatoms. The van der Waals surface area contributed by atoms with Crippen LogP contribution in [0, 0.1) is 5.92 Å². The van der Waals surface area contributed by atoms with Crippen LogP contribution < -0.4 is 10.6 Å². The number of nitrogens with one attached hydrogen (secondary N) is 2. The minimum absolute atomic E-state index is 0.494. The summed E-state index contributed by atoms with van der Waals surface area (Å²) in [6.07, 6.45) is 3.37. The summed E-state index contributed by atoms with van der Waals surface area (Å²) in [4.78, 5) is 7.02. The molecule has 0 saturated carbocycles. The lowest BCUT2D eigenvalue weighted by Crippen LogP contribution is -2.40. The quantitative estimate of drug-likeness (QED) is 0.330. The van der Waals surface area contributed by atoms with Gasteiger partial charge in [-0.05, 0) is 53.1 Å². The van der Waals surface area contributed by atoms with Crippen molar-refractivity contribution in [1.29, 1.82) is 0 Å². The summed E-state index contributed by atoms with van der Waals surface area (Å²) in [5.41, 5.74) is 0. The van der Waals surface area contributed by atoms with Crippen LogP contribution in [0.1, 0.15) is 47.0 Å². The fraction of sp³-hybridized carbons (Fsp3) is 0.941. The van der Waals surface area contributed by atoms with E-state index in [1.165, 1.54) is 6.42 Å². The predicted octanol–water partition coefficient (Wildman–Crippen LogP) is 2.33. The molecule has 5 nitrogen and oxygen atoms in total. The Kier molecular flexibility index (Phi) is 13.3. The lowest BCUT2D eigenvalue weighted by Gasteiger charge is -2.24. The van der Waals surface area contributed by atoms with Crippen LogP contribution in [0.3, 0.4) is 0 Å². The molecule has 0 aliphatic carbocycles. The standard InChI is InChI=1S/C17H38N4O/c1-7-18-17(19-11-9-10-12-22-8-2)20-14-16(21(5)6)13-15(3)4/h15-16H,7-14H2,1-6H3,(H2,18,19,20). The van der Waals surface area contributed by atoms with Crippen LogP contribution in [0.15, 0.2) is 4.99 Å². The van der Waals surface area contributed by atoms with Crippen molar-refractivity contribution in [1.82, 2.24) is 15.5 Å². The molecule has 0 rings (SSSR count). The summed E-state index contributed by atoms with van der Waals surface area (Å²) in [6, 6.07) is 0.494. The topological polar surface area (TPSA) is 48.9 Å². The van der Waals surface area contributed by atoms with Gasteiger partial charge >= 0.3 is 0 Å². The molecule has 0 bridgehead atoms. The number of hydrogen-bond acceptors (Lipinski definition) is 3. The molecule has 2 N–H and O–H groups in total. The summed E-state index contributed by atoms with van der Waals surface area (Å²) in [7, 11) is 4.27. The molecule has 0 fully saturated rings. The van der Waals surface area contributed by atoms with Crippen molar-refractivity contribution in [2.75, 3.05) is 46.9 Å². The van der Waals surface area contributed by atoms with Crippen LogP contribution in [-0.4, -0.2) is 63.8 Å². The van der Waals surface area contributed by atoms with Gasteiger partial charge in [-0.2, -0.15) is 0 Å². The fourth-order valence-corrected chi connectivity index (χ4v) is 2.21. The molecule has 0 heterocycles. The maximum absolute atomic E-state index is 5.35. The average molecular weight is 315 g/mol. The Hall–Kier alpha value is -0.810. The number of likely N-dealkylation sites (N-methyl/N-ethyl adjacent to an activating group) is 1. The van der Waals surface area contributed by atoms with Gasteiger partial charge in [0.1, 0.15) is 0 Å².